The summed E-state index contributed by atoms with van der Waals surface area (Å²) in [6.07, 6.45) is 15.8. The van der Waals surface area contributed by atoms with Crippen LogP contribution < -0.4 is 0 Å². The zero-order valence-corrected chi connectivity index (χ0v) is 15.7. The van der Waals surface area contributed by atoms with E-state index >= 15 is 0 Å². The highest BCUT2D eigenvalue weighted by Crippen LogP contribution is 2.15. The van der Waals surface area contributed by atoms with E-state index in [1.54, 1.807) is 6.92 Å². The SMILES string of the molecule is CCCCCCCCCCCCc1ccc(CC(C)(O)C=O)cc1. The number of benzene rings is 1. The van der Waals surface area contributed by atoms with Gasteiger partial charge in [-0.3, -0.25) is 0 Å². The Morgan fingerprint density at radius 1 is 0.833 bits per heavy atom. The number of carbonyl (C=O) groups is 1. The number of unbranched alkanes of at least 4 members (excludes halogenated alkanes) is 9. The van der Waals surface area contributed by atoms with Crippen molar-refractivity contribution in [3.63, 3.8) is 0 Å². The highest BCUT2D eigenvalue weighted by Gasteiger charge is 2.19. The Hall–Kier alpha value is -1.15. The molecule has 1 unspecified atom stereocenters. The molecule has 0 saturated carbocycles. The van der Waals surface area contributed by atoms with Gasteiger partial charge in [0.25, 0.3) is 0 Å². The van der Waals surface area contributed by atoms with Gasteiger partial charge in [0.05, 0.1) is 0 Å². The zero-order valence-electron chi connectivity index (χ0n) is 15.7. The van der Waals surface area contributed by atoms with Crippen LogP contribution in [-0.4, -0.2) is 17.0 Å². The standard InChI is InChI=1S/C22H36O2/c1-3-4-5-6-7-8-9-10-11-12-13-20-14-16-21(17-15-20)18-22(2,24)19-23/h14-17,19,24H,3-13,18H2,1-2H3. The van der Waals surface area contributed by atoms with E-state index in [0.717, 1.165) is 12.0 Å². The lowest BCUT2D eigenvalue weighted by Gasteiger charge is -2.15. The molecule has 0 saturated heterocycles. The third kappa shape index (κ3) is 9.87. The Bertz CT molecular complexity index is 434. The fraction of sp³-hybridized carbons (Fsp3) is 0.682. The van der Waals surface area contributed by atoms with Gasteiger partial charge in [-0.1, -0.05) is 89.0 Å². The predicted octanol–water partition coefficient (Wildman–Crippen LogP) is 5.64. The van der Waals surface area contributed by atoms with E-state index in [4.69, 9.17) is 0 Å². The van der Waals surface area contributed by atoms with Crippen molar-refractivity contribution in [2.75, 3.05) is 0 Å². The number of aliphatic hydroxyl groups is 1. The molecular formula is C22H36O2. The molecule has 1 N–H and O–H groups in total. The molecule has 1 rings (SSSR count). The molecule has 0 aliphatic rings. The van der Waals surface area contributed by atoms with E-state index in [-0.39, 0.29) is 0 Å². The molecule has 0 aliphatic heterocycles. The number of hydrogen-bond donors (Lipinski definition) is 1. The minimum Gasteiger partial charge on any atom is -0.382 e. The van der Waals surface area contributed by atoms with Crippen molar-refractivity contribution in [2.24, 2.45) is 0 Å². The summed E-state index contributed by atoms with van der Waals surface area (Å²) in [6.45, 7) is 3.82. The average Bonchev–Trinajstić information content (AvgIpc) is 2.58. The molecule has 0 aromatic heterocycles. The van der Waals surface area contributed by atoms with Crippen LogP contribution in [0, 0.1) is 0 Å². The van der Waals surface area contributed by atoms with E-state index in [2.05, 4.69) is 19.1 Å². The predicted molar refractivity (Wildman–Crippen MR) is 102 cm³/mol. The maximum Gasteiger partial charge on any atom is 0.151 e. The van der Waals surface area contributed by atoms with Crippen LogP contribution in [0.3, 0.4) is 0 Å². The van der Waals surface area contributed by atoms with Gasteiger partial charge in [-0.25, -0.2) is 0 Å². The van der Waals surface area contributed by atoms with Crippen molar-refractivity contribution < 1.29 is 9.90 Å². The van der Waals surface area contributed by atoms with Gasteiger partial charge in [0.15, 0.2) is 6.29 Å². The summed E-state index contributed by atoms with van der Waals surface area (Å²) < 4.78 is 0. The molecule has 0 amide bonds. The molecule has 0 radical (unpaired) electrons. The van der Waals surface area contributed by atoms with Gasteiger partial charge in [-0.2, -0.15) is 0 Å². The van der Waals surface area contributed by atoms with Gasteiger partial charge in [0.2, 0.25) is 0 Å². The minimum absolute atomic E-state index is 0.384. The van der Waals surface area contributed by atoms with Crippen LogP contribution in [0.25, 0.3) is 0 Å². The molecular weight excluding hydrogens is 296 g/mol. The molecule has 2 heteroatoms. The molecule has 1 aromatic rings. The smallest absolute Gasteiger partial charge is 0.151 e. The van der Waals surface area contributed by atoms with Crippen molar-refractivity contribution in [2.45, 2.75) is 96.5 Å². The maximum atomic E-state index is 10.8. The summed E-state index contributed by atoms with van der Waals surface area (Å²) in [4.78, 5) is 10.8. The van der Waals surface area contributed by atoms with Crippen molar-refractivity contribution in [1.82, 2.24) is 0 Å². The number of aryl methyl sites for hydroxylation is 1. The lowest BCUT2D eigenvalue weighted by molar-refractivity contribution is -0.122. The molecule has 0 heterocycles. The Kier molecular flexibility index (Phi) is 10.7. The number of carbonyl (C=O) groups excluding carboxylic acids is 1. The Balaban J connectivity index is 2.08. The van der Waals surface area contributed by atoms with Gasteiger partial charge in [-0.15, -0.1) is 0 Å². The topological polar surface area (TPSA) is 37.3 Å². The second-order valence-electron chi connectivity index (χ2n) is 7.40. The van der Waals surface area contributed by atoms with Gasteiger partial charge in [0, 0.05) is 6.42 Å². The second kappa shape index (κ2) is 12.2. The molecule has 136 valence electrons. The monoisotopic (exact) mass is 332 g/mol. The molecule has 0 spiro atoms. The quantitative estimate of drug-likeness (QED) is 0.353. The Morgan fingerprint density at radius 2 is 1.29 bits per heavy atom. The lowest BCUT2D eigenvalue weighted by atomic mass is 9.96. The summed E-state index contributed by atoms with van der Waals surface area (Å²) in [5.74, 6) is 0. The second-order valence-corrected chi connectivity index (χ2v) is 7.40. The highest BCUT2D eigenvalue weighted by atomic mass is 16.3. The van der Waals surface area contributed by atoms with Crippen molar-refractivity contribution in [3.05, 3.63) is 35.4 Å². The van der Waals surface area contributed by atoms with Crippen LogP contribution in [0.2, 0.25) is 0 Å². The summed E-state index contributed by atoms with van der Waals surface area (Å²) in [6, 6.07) is 8.32. The molecule has 2 nitrogen and oxygen atoms in total. The van der Waals surface area contributed by atoms with E-state index in [1.807, 2.05) is 12.1 Å². The van der Waals surface area contributed by atoms with E-state index in [9.17, 15) is 9.90 Å². The number of aldehydes is 1. The first-order valence-corrected chi connectivity index (χ1v) is 9.84. The molecule has 0 fully saturated rings. The first-order chi connectivity index (χ1) is 11.6. The number of rotatable bonds is 14. The van der Waals surface area contributed by atoms with Crippen LogP contribution in [0.1, 0.15) is 89.2 Å². The molecule has 0 bridgehead atoms. The summed E-state index contributed by atoms with van der Waals surface area (Å²) in [5, 5.41) is 9.78. The van der Waals surface area contributed by atoms with Gasteiger partial charge in [-0.05, 0) is 30.9 Å². The van der Waals surface area contributed by atoms with Crippen molar-refractivity contribution in [3.8, 4) is 0 Å². The average molecular weight is 333 g/mol. The fourth-order valence-corrected chi connectivity index (χ4v) is 3.10. The van der Waals surface area contributed by atoms with Crippen LogP contribution >= 0.6 is 0 Å². The third-order valence-electron chi connectivity index (χ3n) is 4.66. The van der Waals surface area contributed by atoms with Crippen LogP contribution in [0.4, 0.5) is 0 Å². The highest BCUT2D eigenvalue weighted by molar-refractivity contribution is 5.62. The lowest BCUT2D eigenvalue weighted by Crippen LogP contribution is -2.28. The van der Waals surface area contributed by atoms with Crippen molar-refractivity contribution in [1.29, 1.82) is 0 Å². The van der Waals surface area contributed by atoms with E-state index < -0.39 is 5.60 Å². The first-order valence-electron chi connectivity index (χ1n) is 9.84. The fourth-order valence-electron chi connectivity index (χ4n) is 3.10. The van der Waals surface area contributed by atoms with Crippen LogP contribution in [0.15, 0.2) is 24.3 Å². The summed E-state index contributed by atoms with van der Waals surface area (Å²) in [7, 11) is 0. The zero-order chi connectivity index (χ0) is 17.7. The van der Waals surface area contributed by atoms with E-state index in [0.29, 0.717) is 12.7 Å². The normalized spacial score (nSPS) is 13.6. The Labute approximate surface area is 148 Å². The van der Waals surface area contributed by atoms with Gasteiger partial charge in [0.1, 0.15) is 5.60 Å². The first kappa shape index (κ1) is 20.9. The van der Waals surface area contributed by atoms with E-state index in [1.165, 1.54) is 69.8 Å². The molecule has 24 heavy (non-hydrogen) atoms. The minimum atomic E-state index is -1.25. The van der Waals surface area contributed by atoms with Gasteiger partial charge < -0.3 is 9.90 Å². The van der Waals surface area contributed by atoms with Gasteiger partial charge >= 0.3 is 0 Å². The summed E-state index contributed by atoms with van der Waals surface area (Å²) >= 11 is 0. The molecule has 1 aromatic carbocycles. The Morgan fingerprint density at radius 3 is 1.79 bits per heavy atom. The van der Waals surface area contributed by atoms with Crippen molar-refractivity contribution >= 4 is 6.29 Å². The number of hydrogen-bond acceptors (Lipinski definition) is 2. The maximum absolute atomic E-state index is 10.8. The van der Waals surface area contributed by atoms with Crippen LogP contribution in [-0.2, 0) is 17.6 Å². The summed E-state index contributed by atoms with van der Waals surface area (Å²) in [5.41, 5.74) is 1.11. The third-order valence-corrected chi connectivity index (χ3v) is 4.66. The molecule has 1 atom stereocenters. The largest absolute Gasteiger partial charge is 0.382 e. The van der Waals surface area contributed by atoms with Crippen LogP contribution in [0.5, 0.6) is 0 Å². The molecule has 0 aliphatic carbocycles.